The summed E-state index contributed by atoms with van der Waals surface area (Å²) in [5, 5.41) is 0. The molecule has 1 aliphatic rings. The Kier molecular flexibility index (Phi) is 14.4. The molecule has 0 saturated heterocycles. The van der Waals surface area contributed by atoms with Crippen LogP contribution in [0.15, 0.2) is 12.2 Å². The van der Waals surface area contributed by atoms with Gasteiger partial charge in [-0.25, -0.2) is 0 Å². The van der Waals surface area contributed by atoms with E-state index in [1.54, 1.807) is 0 Å². The summed E-state index contributed by atoms with van der Waals surface area (Å²) in [6, 6.07) is 0. The summed E-state index contributed by atoms with van der Waals surface area (Å²) < 4.78 is 0. The molecule has 1 radical (unpaired) electrons. The minimum absolute atomic E-state index is 1.29. The fraction of sp³-hybridized carbons (Fsp3) is 0.857. The molecule has 0 atom stereocenters. The zero-order valence-electron chi connectivity index (χ0n) is 14.5. The summed E-state index contributed by atoms with van der Waals surface area (Å²) in [5.41, 5.74) is 0. The normalized spacial score (nSPS) is 24.8. The smallest absolute Gasteiger partial charge is 0.0171 e. The van der Waals surface area contributed by atoms with Crippen LogP contribution in [0, 0.1) is 6.42 Å². The van der Waals surface area contributed by atoms with Crippen molar-refractivity contribution in [1.29, 1.82) is 0 Å². The topological polar surface area (TPSA) is 0 Å². The fourth-order valence-corrected chi connectivity index (χ4v) is 3.29. The van der Waals surface area contributed by atoms with E-state index >= 15 is 0 Å². The van der Waals surface area contributed by atoms with Crippen LogP contribution < -0.4 is 0 Å². The van der Waals surface area contributed by atoms with Crippen LogP contribution in [0.5, 0.6) is 0 Å². The highest BCUT2D eigenvalue weighted by atomic mass is 14.0. The second kappa shape index (κ2) is 16.1. The Morgan fingerprint density at radius 2 is 0.667 bits per heavy atom. The summed E-state index contributed by atoms with van der Waals surface area (Å²) in [5.74, 6) is 0. The molecule has 1 rings (SSSR count). The number of allylic oxidation sites excluding steroid dienone is 2. The standard InChI is InChI=1S/C21H39/c1-2-4-6-8-10-12-14-16-18-20-21-19-17-15-13-11-9-7-5-3-1/h1-3H,4-21H2/b2-1+. The molecule has 0 heteroatoms. The van der Waals surface area contributed by atoms with Crippen LogP contribution in [0.25, 0.3) is 0 Å². The van der Waals surface area contributed by atoms with E-state index in [-0.39, 0.29) is 0 Å². The largest absolute Gasteiger partial charge is 0.0882 e. The van der Waals surface area contributed by atoms with Gasteiger partial charge in [0.15, 0.2) is 0 Å². The SMILES string of the molecule is [CH]1/C=C/CCCCCCCCCCCCCCCCCC1. The van der Waals surface area contributed by atoms with Gasteiger partial charge in [0.2, 0.25) is 0 Å². The van der Waals surface area contributed by atoms with E-state index in [4.69, 9.17) is 0 Å². The molecule has 0 N–H and O–H groups in total. The van der Waals surface area contributed by atoms with Gasteiger partial charge in [-0.15, -0.1) is 0 Å². The molecule has 0 saturated carbocycles. The van der Waals surface area contributed by atoms with Crippen LogP contribution in [-0.2, 0) is 0 Å². The van der Waals surface area contributed by atoms with Gasteiger partial charge in [0.05, 0.1) is 0 Å². The lowest BCUT2D eigenvalue weighted by Crippen LogP contribution is -1.83. The zero-order chi connectivity index (χ0) is 14.8. The minimum Gasteiger partial charge on any atom is -0.0882 e. The maximum atomic E-state index is 2.38. The highest BCUT2D eigenvalue weighted by Gasteiger charge is 1.95. The molecule has 0 unspecified atom stereocenters. The molecule has 1 aliphatic carbocycles. The summed E-state index contributed by atoms with van der Waals surface area (Å²) in [6.45, 7) is 0. The van der Waals surface area contributed by atoms with Crippen molar-refractivity contribution in [2.24, 2.45) is 0 Å². The quantitative estimate of drug-likeness (QED) is 0.427. The van der Waals surface area contributed by atoms with Gasteiger partial charge in [-0.2, -0.15) is 0 Å². The molecule has 0 bridgehead atoms. The van der Waals surface area contributed by atoms with E-state index in [9.17, 15) is 0 Å². The van der Waals surface area contributed by atoms with Crippen molar-refractivity contribution in [3.8, 4) is 0 Å². The number of rotatable bonds is 0. The Morgan fingerprint density at radius 1 is 0.333 bits per heavy atom. The van der Waals surface area contributed by atoms with E-state index < -0.39 is 0 Å². The lowest BCUT2D eigenvalue weighted by atomic mass is 10.0. The van der Waals surface area contributed by atoms with E-state index in [1.807, 2.05) is 0 Å². The van der Waals surface area contributed by atoms with Crippen LogP contribution in [0.1, 0.15) is 116 Å². The molecule has 0 heterocycles. The van der Waals surface area contributed by atoms with Crippen LogP contribution in [0.4, 0.5) is 0 Å². The molecular weight excluding hydrogens is 252 g/mol. The monoisotopic (exact) mass is 291 g/mol. The van der Waals surface area contributed by atoms with Crippen LogP contribution in [-0.4, -0.2) is 0 Å². The molecule has 123 valence electrons. The van der Waals surface area contributed by atoms with Gasteiger partial charge in [-0.1, -0.05) is 108 Å². The molecule has 0 fully saturated rings. The van der Waals surface area contributed by atoms with Crippen molar-refractivity contribution in [3.63, 3.8) is 0 Å². The van der Waals surface area contributed by atoms with Crippen LogP contribution in [0.2, 0.25) is 0 Å². The first kappa shape index (κ1) is 18.8. The first-order valence-electron chi connectivity index (χ1n) is 9.98. The summed E-state index contributed by atoms with van der Waals surface area (Å²) >= 11 is 0. The third kappa shape index (κ3) is 14.4. The van der Waals surface area contributed by atoms with Gasteiger partial charge in [0.1, 0.15) is 0 Å². The maximum absolute atomic E-state index is 2.38. The number of hydrogen-bond donors (Lipinski definition) is 0. The van der Waals surface area contributed by atoms with Crippen LogP contribution in [0.3, 0.4) is 0 Å². The van der Waals surface area contributed by atoms with Crippen molar-refractivity contribution < 1.29 is 0 Å². The molecule has 0 aliphatic heterocycles. The predicted octanol–water partition coefficient (Wildman–Crippen LogP) is 7.78. The van der Waals surface area contributed by atoms with E-state index in [1.165, 1.54) is 116 Å². The lowest BCUT2D eigenvalue weighted by molar-refractivity contribution is 0.528. The third-order valence-corrected chi connectivity index (χ3v) is 4.76. The van der Waals surface area contributed by atoms with Gasteiger partial charge >= 0.3 is 0 Å². The lowest BCUT2D eigenvalue weighted by Gasteiger charge is -2.03. The molecule has 0 nitrogen and oxygen atoms in total. The Bertz CT molecular complexity index is 194. The molecule has 21 heavy (non-hydrogen) atoms. The zero-order valence-corrected chi connectivity index (χ0v) is 14.5. The van der Waals surface area contributed by atoms with E-state index in [2.05, 4.69) is 18.6 Å². The van der Waals surface area contributed by atoms with Crippen molar-refractivity contribution in [3.05, 3.63) is 18.6 Å². The fourth-order valence-electron chi connectivity index (χ4n) is 3.29. The molecular formula is C21H39. The van der Waals surface area contributed by atoms with Gasteiger partial charge in [0.25, 0.3) is 0 Å². The highest BCUT2D eigenvalue weighted by Crippen LogP contribution is 2.15. The van der Waals surface area contributed by atoms with Crippen molar-refractivity contribution in [2.45, 2.75) is 116 Å². The second-order valence-electron chi connectivity index (χ2n) is 6.90. The van der Waals surface area contributed by atoms with Gasteiger partial charge in [0, 0.05) is 0 Å². The van der Waals surface area contributed by atoms with E-state index in [0.29, 0.717) is 0 Å². The Labute approximate surface area is 134 Å². The highest BCUT2D eigenvalue weighted by molar-refractivity contribution is 4.94. The van der Waals surface area contributed by atoms with Gasteiger partial charge < -0.3 is 0 Å². The van der Waals surface area contributed by atoms with Crippen molar-refractivity contribution >= 4 is 0 Å². The molecule has 0 amide bonds. The Hall–Kier alpha value is -0.260. The average molecular weight is 292 g/mol. The third-order valence-electron chi connectivity index (χ3n) is 4.76. The molecule has 0 aromatic rings. The van der Waals surface area contributed by atoms with Crippen LogP contribution >= 0.6 is 0 Å². The maximum Gasteiger partial charge on any atom is -0.0171 e. The summed E-state index contributed by atoms with van der Waals surface area (Å²) in [7, 11) is 0. The van der Waals surface area contributed by atoms with Crippen molar-refractivity contribution in [2.75, 3.05) is 0 Å². The van der Waals surface area contributed by atoms with Gasteiger partial charge in [-0.3, -0.25) is 0 Å². The Morgan fingerprint density at radius 3 is 1.10 bits per heavy atom. The minimum atomic E-state index is 1.29. The summed E-state index contributed by atoms with van der Waals surface area (Å²) in [4.78, 5) is 0. The molecule has 0 aromatic carbocycles. The number of hydrogen-bond acceptors (Lipinski definition) is 0. The predicted molar refractivity (Wildman–Crippen MR) is 96.5 cm³/mol. The van der Waals surface area contributed by atoms with Crippen molar-refractivity contribution in [1.82, 2.24) is 0 Å². The molecule has 0 aromatic heterocycles. The second-order valence-corrected chi connectivity index (χ2v) is 6.90. The first-order chi connectivity index (χ1) is 10.5. The Balaban J connectivity index is 2.05. The first-order valence-corrected chi connectivity index (χ1v) is 9.98. The van der Waals surface area contributed by atoms with Gasteiger partial charge in [-0.05, 0) is 25.7 Å². The van der Waals surface area contributed by atoms with E-state index in [0.717, 1.165) is 0 Å². The summed E-state index contributed by atoms with van der Waals surface area (Å²) in [6.07, 6.45) is 33.0. The average Bonchev–Trinajstić information content (AvgIpc) is 2.50. The molecule has 0 spiro atoms.